The van der Waals surface area contributed by atoms with Crippen LogP contribution >= 0.6 is 12.6 Å². The van der Waals surface area contributed by atoms with E-state index in [2.05, 4.69) is 12.6 Å². The van der Waals surface area contributed by atoms with Crippen LogP contribution in [0.3, 0.4) is 0 Å². The molecule has 0 bridgehead atoms. The van der Waals surface area contributed by atoms with Crippen LogP contribution < -0.4 is 0 Å². The molecule has 38 valence electrons. The highest BCUT2D eigenvalue weighted by atomic mass is 32.1. The number of alkyl halides is 2. The Morgan fingerprint density at radius 3 is 1.67 bits per heavy atom. The second kappa shape index (κ2) is 3.40. The van der Waals surface area contributed by atoms with Gasteiger partial charge in [0.1, 0.15) is 13.3 Å². The summed E-state index contributed by atoms with van der Waals surface area (Å²) in [5.74, 6) is 0. The average molecular weight is 112 g/mol. The quantitative estimate of drug-likeness (QED) is 0.510. The summed E-state index contributed by atoms with van der Waals surface area (Å²) in [5, 5.41) is -0.704. The Kier molecular flexibility index (Phi) is 3.52. The van der Waals surface area contributed by atoms with Gasteiger partial charge in [-0.1, -0.05) is 0 Å². The van der Waals surface area contributed by atoms with E-state index in [4.69, 9.17) is 0 Å². The molecule has 0 atom stereocenters. The number of thiol groups is 1. The molecule has 0 aliphatic carbocycles. The molecule has 0 nitrogen and oxygen atoms in total. The number of hydrogen-bond donors (Lipinski definition) is 1. The maximum atomic E-state index is 11.1. The lowest BCUT2D eigenvalue weighted by atomic mass is 10.5. The van der Waals surface area contributed by atoms with Crippen molar-refractivity contribution in [2.24, 2.45) is 0 Å². The summed E-state index contributed by atoms with van der Waals surface area (Å²) in [6.45, 7) is -1.36. The molecule has 0 saturated carbocycles. The van der Waals surface area contributed by atoms with Crippen molar-refractivity contribution in [3.05, 3.63) is 0 Å². The Balaban J connectivity index is 2.75. The third-order valence-electron chi connectivity index (χ3n) is 0.356. The first-order chi connectivity index (χ1) is 2.81. The van der Waals surface area contributed by atoms with Gasteiger partial charge in [0.05, 0.1) is 5.25 Å². The van der Waals surface area contributed by atoms with Crippen molar-refractivity contribution in [1.82, 2.24) is 0 Å². The summed E-state index contributed by atoms with van der Waals surface area (Å²) in [4.78, 5) is 0. The molecule has 0 aromatic heterocycles. The fraction of sp³-hybridized carbons (Fsp3) is 1.00. The van der Waals surface area contributed by atoms with Crippen molar-refractivity contribution >= 4 is 12.6 Å². The van der Waals surface area contributed by atoms with Gasteiger partial charge in [0.15, 0.2) is 0 Å². The SMILES string of the molecule is FCC(S)CF. The minimum atomic E-state index is -0.704. The van der Waals surface area contributed by atoms with Crippen molar-refractivity contribution in [3.63, 3.8) is 0 Å². The monoisotopic (exact) mass is 112 g/mol. The van der Waals surface area contributed by atoms with Crippen LogP contribution in [0.2, 0.25) is 0 Å². The lowest BCUT2D eigenvalue weighted by molar-refractivity contribution is 0.409. The fourth-order valence-electron chi connectivity index (χ4n) is 0.0412. The summed E-state index contributed by atoms with van der Waals surface area (Å²) >= 11 is 3.48. The largest absolute Gasteiger partial charge is 0.250 e. The van der Waals surface area contributed by atoms with Crippen molar-refractivity contribution in [1.29, 1.82) is 0 Å². The molecule has 0 fully saturated rings. The fourth-order valence-corrected chi connectivity index (χ4v) is 0.0412. The zero-order valence-electron chi connectivity index (χ0n) is 3.19. The van der Waals surface area contributed by atoms with E-state index in [1.807, 2.05) is 0 Å². The second-order valence-corrected chi connectivity index (χ2v) is 1.69. The Morgan fingerprint density at radius 1 is 1.33 bits per heavy atom. The molecule has 0 N–H and O–H groups in total. The predicted molar refractivity (Wildman–Crippen MR) is 24.7 cm³/mol. The molecule has 0 aliphatic rings. The smallest absolute Gasteiger partial charge is 0.104 e. The molecule has 6 heavy (non-hydrogen) atoms. The first-order valence-corrected chi connectivity index (χ1v) is 2.13. The highest BCUT2D eigenvalue weighted by Crippen LogP contribution is 1.93. The Bertz CT molecular complexity index is 28.0. The van der Waals surface area contributed by atoms with E-state index in [9.17, 15) is 8.78 Å². The van der Waals surface area contributed by atoms with Crippen LogP contribution in [-0.4, -0.2) is 18.6 Å². The van der Waals surface area contributed by atoms with Gasteiger partial charge < -0.3 is 0 Å². The molecule has 0 spiro atoms. The summed E-state index contributed by atoms with van der Waals surface area (Å²) in [6, 6.07) is 0. The molecule has 0 heterocycles. The Morgan fingerprint density at radius 2 is 1.67 bits per heavy atom. The molecule has 3 heteroatoms. The van der Waals surface area contributed by atoms with E-state index in [1.54, 1.807) is 0 Å². The third-order valence-corrected chi connectivity index (χ3v) is 0.632. The van der Waals surface area contributed by atoms with E-state index in [-0.39, 0.29) is 0 Å². The minimum Gasteiger partial charge on any atom is -0.250 e. The first kappa shape index (κ1) is 6.21. The molecule has 0 radical (unpaired) electrons. The van der Waals surface area contributed by atoms with Crippen molar-refractivity contribution < 1.29 is 8.78 Å². The molecule has 0 saturated heterocycles. The standard InChI is InChI=1S/C3H6F2S/c4-1-3(6)2-5/h3,6H,1-2H2. The summed E-state index contributed by atoms with van der Waals surface area (Å²) in [5.41, 5.74) is 0. The maximum absolute atomic E-state index is 11.1. The predicted octanol–water partition coefficient (Wildman–Crippen LogP) is 1.22. The van der Waals surface area contributed by atoms with Crippen LogP contribution in [-0.2, 0) is 0 Å². The van der Waals surface area contributed by atoms with Crippen molar-refractivity contribution in [3.8, 4) is 0 Å². The molecule has 0 aliphatic heterocycles. The van der Waals surface area contributed by atoms with E-state index in [0.29, 0.717) is 0 Å². The van der Waals surface area contributed by atoms with Crippen LogP contribution in [0.5, 0.6) is 0 Å². The van der Waals surface area contributed by atoms with E-state index in [1.165, 1.54) is 0 Å². The lowest BCUT2D eigenvalue weighted by Crippen LogP contribution is -2.01. The van der Waals surface area contributed by atoms with Crippen molar-refractivity contribution in [2.45, 2.75) is 5.25 Å². The van der Waals surface area contributed by atoms with E-state index < -0.39 is 18.6 Å². The molecular formula is C3H6F2S. The van der Waals surface area contributed by atoms with Crippen LogP contribution in [0.1, 0.15) is 0 Å². The van der Waals surface area contributed by atoms with Gasteiger partial charge in [-0.2, -0.15) is 12.6 Å². The minimum absolute atomic E-state index is 0.681. The Labute approximate surface area is 41.0 Å². The van der Waals surface area contributed by atoms with Gasteiger partial charge in [-0.25, -0.2) is 8.78 Å². The molecule has 0 aromatic carbocycles. The lowest BCUT2D eigenvalue weighted by Gasteiger charge is -1.92. The molecule has 0 unspecified atom stereocenters. The van der Waals surface area contributed by atoms with Crippen LogP contribution in [0.25, 0.3) is 0 Å². The topological polar surface area (TPSA) is 0 Å². The van der Waals surface area contributed by atoms with E-state index in [0.717, 1.165) is 0 Å². The Hall–Kier alpha value is 0.210. The van der Waals surface area contributed by atoms with Gasteiger partial charge in [0, 0.05) is 0 Å². The average Bonchev–Trinajstić information content (AvgIpc) is 1.65. The second-order valence-electron chi connectivity index (χ2n) is 0.962. The number of hydrogen-bond acceptors (Lipinski definition) is 1. The van der Waals surface area contributed by atoms with Gasteiger partial charge in [0.25, 0.3) is 0 Å². The molecule has 0 amide bonds. The molecule has 0 rings (SSSR count). The first-order valence-electron chi connectivity index (χ1n) is 1.61. The number of rotatable bonds is 2. The van der Waals surface area contributed by atoms with Gasteiger partial charge in [-0.15, -0.1) is 0 Å². The molecular weight excluding hydrogens is 106 g/mol. The molecule has 0 aromatic rings. The van der Waals surface area contributed by atoms with E-state index >= 15 is 0 Å². The highest BCUT2D eigenvalue weighted by Gasteiger charge is 1.96. The van der Waals surface area contributed by atoms with Crippen LogP contribution in [0, 0.1) is 0 Å². The zero-order valence-corrected chi connectivity index (χ0v) is 4.09. The summed E-state index contributed by atoms with van der Waals surface area (Å²) in [6.07, 6.45) is 0. The maximum Gasteiger partial charge on any atom is 0.104 e. The third kappa shape index (κ3) is 2.45. The van der Waals surface area contributed by atoms with Crippen LogP contribution in [0.4, 0.5) is 8.78 Å². The highest BCUT2D eigenvalue weighted by molar-refractivity contribution is 7.81. The zero-order chi connectivity index (χ0) is 4.99. The van der Waals surface area contributed by atoms with Gasteiger partial charge in [-0.05, 0) is 0 Å². The van der Waals surface area contributed by atoms with Gasteiger partial charge >= 0.3 is 0 Å². The van der Waals surface area contributed by atoms with Gasteiger partial charge in [-0.3, -0.25) is 0 Å². The van der Waals surface area contributed by atoms with Gasteiger partial charge in [0.2, 0.25) is 0 Å². The van der Waals surface area contributed by atoms with Crippen molar-refractivity contribution in [2.75, 3.05) is 13.3 Å². The normalized spacial score (nSPS) is 10.0. The van der Waals surface area contributed by atoms with Crippen LogP contribution in [0.15, 0.2) is 0 Å². The number of halogens is 2. The summed E-state index contributed by atoms with van der Waals surface area (Å²) < 4.78 is 22.1. The summed E-state index contributed by atoms with van der Waals surface area (Å²) in [7, 11) is 0.